The minimum absolute atomic E-state index is 0. The summed E-state index contributed by atoms with van der Waals surface area (Å²) >= 11 is 0. The minimum atomic E-state index is 0. The Kier molecular flexibility index (Phi) is 7.11. The first kappa shape index (κ1) is 16.7. The first-order valence-electron chi connectivity index (χ1n) is 7.32. The van der Waals surface area contributed by atoms with E-state index in [4.69, 9.17) is 5.11 Å². The molecule has 0 unspecified atom stereocenters. The fourth-order valence-electron chi connectivity index (χ4n) is 2.94. The van der Waals surface area contributed by atoms with Gasteiger partial charge in [-0.3, -0.25) is 4.79 Å². The van der Waals surface area contributed by atoms with Gasteiger partial charge in [0, 0.05) is 13.2 Å². The Bertz CT molecular complexity index is 277. The van der Waals surface area contributed by atoms with Crippen molar-refractivity contribution in [2.45, 2.75) is 44.9 Å². The Morgan fingerprint density at radius 2 is 1.95 bits per heavy atom. The zero-order chi connectivity index (χ0) is 12.8. The Morgan fingerprint density at radius 1 is 1.26 bits per heavy atom. The van der Waals surface area contributed by atoms with Crippen LogP contribution in [0.25, 0.3) is 0 Å². The Morgan fingerprint density at radius 3 is 2.53 bits per heavy atom. The minimum Gasteiger partial charge on any atom is -0.396 e. The van der Waals surface area contributed by atoms with Crippen LogP contribution in [0.3, 0.4) is 0 Å². The molecule has 2 aliphatic carbocycles. The normalized spacial score (nSPS) is 20.9. The van der Waals surface area contributed by atoms with Crippen LogP contribution < -0.4 is 10.6 Å². The molecule has 0 aliphatic heterocycles. The number of nitrogens with one attached hydrogen (secondary N) is 2. The Labute approximate surface area is 122 Å². The van der Waals surface area contributed by atoms with Crippen molar-refractivity contribution in [1.82, 2.24) is 10.6 Å². The van der Waals surface area contributed by atoms with Gasteiger partial charge in [-0.1, -0.05) is 12.8 Å². The molecule has 0 heterocycles. The molecule has 0 saturated heterocycles. The van der Waals surface area contributed by atoms with E-state index in [9.17, 15) is 4.79 Å². The maximum absolute atomic E-state index is 11.7. The van der Waals surface area contributed by atoms with Crippen LogP contribution in [0.5, 0.6) is 0 Å². The second-order valence-electron chi connectivity index (χ2n) is 6.03. The molecule has 4 nitrogen and oxygen atoms in total. The maximum atomic E-state index is 11.7. The largest absolute Gasteiger partial charge is 0.396 e. The van der Waals surface area contributed by atoms with E-state index in [0.717, 1.165) is 38.3 Å². The Balaban J connectivity index is 0.00000180. The van der Waals surface area contributed by atoms with Gasteiger partial charge in [0.05, 0.1) is 6.54 Å². The molecular weight excluding hydrogens is 264 g/mol. The van der Waals surface area contributed by atoms with Gasteiger partial charge in [-0.25, -0.2) is 0 Å². The van der Waals surface area contributed by atoms with Crippen molar-refractivity contribution in [3.63, 3.8) is 0 Å². The molecule has 0 spiro atoms. The highest BCUT2D eigenvalue weighted by Crippen LogP contribution is 2.40. The maximum Gasteiger partial charge on any atom is 0.233 e. The first-order valence-corrected chi connectivity index (χ1v) is 7.32. The highest BCUT2D eigenvalue weighted by Gasteiger charge is 2.33. The van der Waals surface area contributed by atoms with Gasteiger partial charge in [0.25, 0.3) is 0 Å². The lowest BCUT2D eigenvalue weighted by Gasteiger charge is -2.28. The number of rotatable bonds is 8. The van der Waals surface area contributed by atoms with Crippen molar-refractivity contribution in [1.29, 1.82) is 0 Å². The monoisotopic (exact) mass is 290 g/mol. The number of carbonyl (C=O) groups is 1. The molecule has 5 heteroatoms. The second kappa shape index (κ2) is 8.08. The number of carbonyl (C=O) groups excluding carboxylic acids is 1. The van der Waals surface area contributed by atoms with Crippen LogP contribution in [-0.2, 0) is 4.79 Å². The highest BCUT2D eigenvalue weighted by atomic mass is 35.5. The zero-order valence-corrected chi connectivity index (χ0v) is 12.4. The van der Waals surface area contributed by atoms with E-state index < -0.39 is 0 Å². The van der Waals surface area contributed by atoms with Crippen LogP contribution in [0.4, 0.5) is 0 Å². The van der Waals surface area contributed by atoms with E-state index in [0.29, 0.717) is 6.54 Å². The SMILES string of the molecule is Cl.O=C(CNCC1CC1)NCC1(CCO)CCCC1. The summed E-state index contributed by atoms with van der Waals surface area (Å²) < 4.78 is 0. The fourth-order valence-corrected chi connectivity index (χ4v) is 2.94. The smallest absolute Gasteiger partial charge is 0.233 e. The van der Waals surface area contributed by atoms with Crippen molar-refractivity contribution >= 4 is 18.3 Å². The summed E-state index contributed by atoms with van der Waals surface area (Å²) in [6.07, 6.45) is 8.20. The van der Waals surface area contributed by atoms with Gasteiger partial charge in [0.15, 0.2) is 0 Å². The predicted octanol–water partition coefficient (Wildman–Crippen LogP) is 1.47. The summed E-state index contributed by atoms with van der Waals surface area (Å²) in [5, 5.41) is 15.4. The lowest BCUT2D eigenvalue weighted by Crippen LogP contribution is -2.41. The molecule has 0 atom stereocenters. The van der Waals surface area contributed by atoms with E-state index in [1.165, 1.54) is 25.7 Å². The summed E-state index contributed by atoms with van der Waals surface area (Å²) in [5.74, 6) is 0.910. The fraction of sp³-hybridized carbons (Fsp3) is 0.929. The third-order valence-corrected chi connectivity index (χ3v) is 4.38. The number of hydrogen-bond acceptors (Lipinski definition) is 3. The van der Waals surface area contributed by atoms with Gasteiger partial charge in [-0.2, -0.15) is 0 Å². The van der Waals surface area contributed by atoms with E-state index in [2.05, 4.69) is 10.6 Å². The molecular formula is C14H27ClN2O2. The van der Waals surface area contributed by atoms with E-state index in [1.807, 2.05) is 0 Å². The van der Waals surface area contributed by atoms with Gasteiger partial charge in [0.1, 0.15) is 0 Å². The van der Waals surface area contributed by atoms with Crippen molar-refractivity contribution in [2.75, 3.05) is 26.2 Å². The van der Waals surface area contributed by atoms with Crippen LogP contribution >= 0.6 is 12.4 Å². The van der Waals surface area contributed by atoms with Crippen LogP contribution in [0.2, 0.25) is 0 Å². The van der Waals surface area contributed by atoms with Gasteiger partial charge in [-0.05, 0) is 50.0 Å². The van der Waals surface area contributed by atoms with E-state index in [1.54, 1.807) is 0 Å². The molecule has 112 valence electrons. The number of aliphatic hydroxyl groups is 1. The molecule has 0 radical (unpaired) electrons. The van der Waals surface area contributed by atoms with Crippen LogP contribution in [-0.4, -0.2) is 37.3 Å². The van der Waals surface area contributed by atoms with Crippen molar-refractivity contribution in [3.05, 3.63) is 0 Å². The summed E-state index contributed by atoms with van der Waals surface area (Å²) in [7, 11) is 0. The summed E-state index contributed by atoms with van der Waals surface area (Å²) in [5.41, 5.74) is 0.168. The topological polar surface area (TPSA) is 61.4 Å². The van der Waals surface area contributed by atoms with E-state index >= 15 is 0 Å². The third-order valence-electron chi connectivity index (χ3n) is 4.38. The third kappa shape index (κ3) is 5.67. The summed E-state index contributed by atoms with van der Waals surface area (Å²) in [4.78, 5) is 11.7. The predicted molar refractivity (Wildman–Crippen MR) is 78.5 cm³/mol. The quantitative estimate of drug-likeness (QED) is 0.634. The van der Waals surface area contributed by atoms with Crippen LogP contribution in [0, 0.1) is 11.3 Å². The molecule has 2 rings (SSSR count). The molecule has 0 aromatic heterocycles. The highest BCUT2D eigenvalue weighted by molar-refractivity contribution is 5.85. The van der Waals surface area contributed by atoms with Gasteiger partial charge < -0.3 is 15.7 Å². The number of aliphatic hydroxyl groups excluding tert-OH is 1. The van der Waals surface area contributed by atoms with Gasteiger partial charge in [-0.15, -0.1) is 12.4 Å². The standard InChI is InChI=1S/C14H26N2O2.ClH/c17-8-7-14(5-1-2-6-14)11-16-13(18)10-15-9-12-3-4-12;/h12,15,17H,1-11H2,(H,16,18);1H. The lowest BCUT2D eigenvalue weighted by atomic mass is 9.83. The van der Waals surface area contributed by atoms with Crippen molar-refractivity contribution in [3.8, 4) is 0 Å². The van der Waals surface area contributed by atoms with Crippen molar-refractivity contribution in [2.24, 2.45) is 11.3 Å². The molecule has 1 amide bonds. The Hall–Kier alpha value is -0.320. The summed E-state index contributed by atoms with van der Waals surface area (Å²) in [6.45, 7) is 2.38. The molecule has 19 heavy (non-hydrogen) atoms. The van der Waals surface area contributed by atoms with Crippen molar-refractivity contribution < 1.29 is 9.90 Å². The van der Waals surface area contributed by atoms with Crippen LogP contribution in [0.15, 0.2) is 0 Å². The number of halogens is 1. The molecule has 0 bridgehead atoms. The average Bonchev–Trinajstić information content (AvgIpc) is 3.06. The van der Waals surface area contributed by atoms with E-state index in [-0.39, 0.29) is 30.3 Å². The molecule has 0 aromatic rings. The number of amides is 1. The second-order valence-corrected chi connectivity index (χ2v) is 6.03. The molecule has 2 aliphatic rings. The molecule has 2 fully saturated rings. The molecule has 2 saturated carbocycles. The lowest BCUT2D eigenvalue weighted by molar-refractivity contribution is -0.120. The first-order chi connectivity index (χ1) is 8.74. The average molecular weight is 291 g/mol. The molecule has 3 N–H and O–H groups in total. The van der Waals surface area contributed by atoms with Gasteiger partial charge in [0.2, 0.25) is 5.91 Å². The van der Waals surface area contributed by atoms with Crippen LogP contribution in [0.1, 0.15) is 44.9 Å². The summed E-state index contributed by atoms with van der Waals surface area (Å²) in [6, 6.07) is 0. The zero-order valence-electron chi connectivity index (χ0n) is 11.6. The molecule has 0 aromatic carbocycles. The van der Waals surface area contributed by atoms with Gasteiger partial charge >= 0.3 is 0 Å². The number of hydrogen-bond donors (Lipinski definition) is 3.